The molecule has 21 heavy (non-hydrogen) atoms. The van der Waals surface area contributed by atoms with E-state index in [-0.39, 0.29) is 15.5 Å². The molecule has 0 amide bonds. The van der Waals surface area contributed by atoms with E-state index in [4.69, 9.17) is 11.6 Å². The van der Waals surface area contributed by atoms with E-state index < -0.39 is 15.6 Å². The SMILES string of the molecule is Cn1nnc(Br)c1S(=O)(=O)NC(C)(CCl)c1ccccc1. The van der Waals surface area contributed by atoms with Crippen LogP contribution in [-0.2, 0) is 22.6 Å². The van der Waals surface area contributed by atoms with Crippen molar-refractivity contribution < 1.29 is 8.42 Å². The van der Waals surface area contributed by atoms with Crippen molar-refractivity contribution in [3.63, 3.8) is 0 Å². The van der Waals surface area contributed by atoms with Crippen LogP contribution in [0.5, 0.6) is 0 Å². The molecule has 1 unspecified atom stereocenters. The second-order valence-electron chi connectivity index (χ2n) is 4.75. The summed E-state index contributed by atoms with van der Waals surface area (Å²) in [6.45, 7) is 1.73. The molecule has 1 N–H and O–H groups in total. The lowest BCUT2D eigenvalue weighted by Crippen LogP contribution is -2.45. The number of benzene rings is 1. The molecule has 0 radical (unpaired) electrons. The van der Waals surface area contributed by atoms with E-state index in [9.17, 15) is 8.42 Å². The van der Waals surface area contributed by atoms with E-state index >= 15 is 0 Å². The second kappa shape index (κ2) is 6.04. The topological polar surface area (TPSA) is 76.9 Å². The average molecular weight is 394 g/mol. The van der Waals surface area contributed by atoms with Gasteiger partial charge in [0.15, 0.2) is 4.60 Å². The zero-order chi connectivity index (χ0) is 15.7. The van der Waals surface area contributed by atoms with Gasteiger partial charge in [-0.05, 0) is 28.4 Å². The van der Waals surface area contributed by atoms with E-state index in [2.05, 4.69) is 31.0 Å². The predicted octanol–water partition coefficient (Wildman–Crippen LogP) is 2.01. The van der Waals surface area contributed by atoms with E-state index in [0.717, 1.165) is 5.56 Å². The van der Waals surface area contributed by atoms with Crippen LogP contribution < -0.4 is 4.72 Å². The van der Waals surface area contributed by atoms with E-state index in [1.54, 1.807) is 6.92 Å². The molecule has 9 heteroatoms. The maximum atomic E-state index is 12.6. The number of halogens is 2. The lowest BCUT2D eigenvalue weighted by Gasteiger charge is -2.28. The Bertz CT molecular complexity index is 715. The molecular formula is C12H14BrClN4O2S. The fourth-order valence-corrected chi connectivity index (χ4v) is 4.72. The molecule has 0 aliphatic rings. The summed E-state index contributed by atoms with van der Waals surface area (Å²) in [7, 11) is -2.33. The number of sulfonamides is 1. The molecule has 2 rings (SSSR count). The third kappa shape index (κ3) is 3.28. The molecular weight excluding hydrogens is 380 g/mol. The molecule has 1 heterocycles. The van der Waals surface area contributed by atoms with Crippen molar-refractivity contribution >= 4 is 37.6 Å². The summed E-state index contributed by atoms with van der Waals surface area (Å²) >= 11 is 9.11. The molecule has 1 atom stereocenters. The van der Waals surface area contributed by atoms with Crippen molar-refractivity contribution in [3.05, 3.63) is 40.5 Å². The summed E-state index contributed by atoms with van der Waals surface area (Å²) in [4.78, 5) is 0. The Balaban J connectivity index is 2.43. The van der Waals surface area contributed by atoms with Crippen LogP contribution in [0.1, 0.15) is 12.5 Å². The number of aryl methyl sites for hydroxylation is 1. The molecule has 2 aromatic rings. The molecule has 0 aliphatic carbocycles. The van der Waals surface area contributed by atoms with Crippen LogP contribution in [0.2, 0.25) is 0 Å². The molecule has 1 aromatic carbocycles. The van der Waals surface area contributed by atoms with Crippen molar-refractivity contribution in [1.82, 2.24) is 19.7 Å². The average Bonchev–Trinajstić information content (AvgIpc) is 2.79. The largest absolute Gasteiger partial charge is 0.261 e. The number of nitrogens with zero attached hydrogens (tertiary/aromatic N) is 3. The van der Waals surface area contributed by atoms with Crippen LogP contribution in [-0.4, -0.2) is 29.3 Å². The van der Waals surface area contributed by atoms with Gasteiger partial charge in [-0.3, -0.25) is 0 Å². The Labute approximate surface area is 136 Å². The summed E-state index contributed by atoms with van der Waals surface area (Å²) in [5.74, 6) is 0.0825. The molecule has 6 nitrogen and oxygen atoms in total. The maximum absolute atomic E-state index is 12.6. The van der Waals surface area contributed by atoms with Crippen molar-refractivity contribution in [2.75, 3.05) is 5.88 Å². The highest BCUT2D eigenvalue weighted by Crippen LogP contribution is 2.26. The lowest BCUT2D eigenvalue weighted by molar-refractivity contribution is 0.471. The van der Waals surface area contributed by atoms with Gasteiger partial charge in [-0.2, -0.15) is 4.72 Å². The van der Waals surface area contributed by atoms with Gasteiger partial charge in [-0.1, -0.05) is 35.5 Å². The van der Waals surface area contributed by atoms with E-state index in [1.165, 1.54) is 11.7 Å². The predicted molar refractivity (Wildman–Crippen MR) is 83.5 cm³/mol. The van der Waals surface area contributed by atoms with Gasteiger partial charge in [-0.25, -0.2) is 13.1 Å². The number of alkyl halides is 1. The highest BCUT2D eigenvalue weighted by atomic mass is 79.9. The van der Waals surface area contributed by atoms with Crippen LogP contribution in [0.4, 0.5) is 0 Å². The van der Waals surface area contributed by atoms with Gasteiger partial charge >= 0.3 is 0 Å². The smallest absolute Gasteiger partial charge is 0.235 e. The van der Waals surface area contributed by atoms with E-state index in [1.807, 2.05) is 30.3 Å². The quantitative estimate of drug-likeness (QED) is 0.788. The highest BCUT2D eigenvalue weighted by molar-refractivity contribution is 9.10. The highest BCUT2D eigenvalue weighted by Gasteiger charge is 2.34. The van der Waals surface area contributed by atoms with Crippen LogP contribution >= 0.6 is 27.5 Å². The summed E-state index contributed by atoms with van der Waals surface area (Å²) in [6, 6.07) is 9.16. The van der Waals surface area contributed by atoms with Crippen molar-refractivity contribution in [2.24, 2.45) is 7.05 Å². The summed E-state index contributed by atoms with van der Waals surface area (Å²) in [6.07, 6.45) is 0. The van der Waals surface area contributed by atoms with Crippen molar-refractivity contribution in [2.45, 2.75) is 17.5 Å². The van der Waals surface area contributed by atoms with Crippen LogP contribution in [0.15, 0.2) is 40.0 Å². The molecule has 0 saturated heterocycles. The van der Waals surface area contributed by atoms with Gasteiger partial charge in [0, 0.05) is 12.9 Å². The molecule has 0 spiro atoms. The zero-order valence-electron chi connectivity index (χ0n) is 11.4. The molecule has 1 aromatic heterocycles. The van der Waals surface area contributed by atoms with Crippen LogP contribution in [0.25, 0.3) is 0 Å². The van der Waals surface area contributed by atoms with Gasteiger partial charge < -0.3 is 0 Å². The zero-order valence-corrected chi connectivity index (χ0v) is 14.6. The molecule has 0 aliphatic heterocycles. The first-order valence-corrected chi connectivity index (χ1v) is 8.82. The monoisotopic (exact) mass is 392 g/mol. The summed E-state index contributed by atoms with van der Waals surface area (Å²) in [5.41, 5.74) is -0.166. The fraction of sp³-hybridized carbons (Fsp3) is 0.333. The minimum absolute atomic E-state index is 0.0465. The third-order valence-corrected chi connectivity index (χ3v) is 6.05. The number of hydrogen-bond acceptors (Lipinski definition) is 4. The van der Waals surface area contributed by atoms with Crippen LogP contribution in [0.3, 0.4) is 0 Å². The Hall–Kier alpha value is -0.960. The van der Waals surface area contributed by atoms with Gasteiger partial charge in [0.2, 0.25) is 5.03 Å². The van der Waals surface area contributed by atoms with Gasteiger partial charge in [0.05, 0.1) is 5.54 Å². The third-order valence-electron chi connectivity index (χ3n) is 3.03. The minimum Gasteiger partial charge on any atom is -0.235 e. The van der Waals surface area contributed by atoms with Crippen molar-refractivity contribution in [3.8, 4) is 0 Å². The fourth-order valence-electron chi connectivity index (χ4n) is 1.92. The Morgan fingerprint density at radius 1 is 1.38 bits per heavy atom. The van der Waals surface area contributed by atoms with Crippen molar-refractivity contribution in [1.29, 1.82) is 0 Å². The Morgan fingerprint density at radius 2 is 2.00 bits per heavy atom. The van der Waals surface area contributed by atoms with E-state index in [0.29, 0.717) is 0 Å². The normalized spacial score (nSPS) is 14.9. The molecule has 0 saturated carbocycles. The van der Waals surface area contributed by atoms with Gasteiger partial charge in [0.25, 0.3) is 10.0 Å². The Kier molecular flexibility index (Phi) is 4.72. The standard InChI is InChI=1S/C12H14BrClN4O2S/c1-12(8-14,9-6-4-3-5-7-9)16-21(19,20)11-10(13)15-17-18(11)2/h3-7,16H,8H2,1-2H3. The Morgan fingerprint density at radius 3 is 2.48 bits per heavy atom. The van der Waals surface area contributed by atoms with Gasteiger partial charge in [-0.15, -0.1) is 16.7 Å². The number of aromatic nitrogens is 3. The number of hydrogen-bond donors (Lipinski definition) is 1. The molecule has 114 valence electrons. The molecule has 0 fully saturated rings. The minimum atomic E-state index is -3.84. The first-order chi connectivity index (χ1) is 9.80. The molecule has 0 bridgehead atoms. The summed E-state index contributed by atoms with van der Waals surface area (Å²) in [5, 5.41) is 7.32. The summed E-state index contributed by atoms with van der Waals surface area (Å²) < 4.78 is 29.1. The first kappa shape index (κ1) is 16.4. The first-order valence-electron chi connectivity index (χ1n) is 6.01. The maximum Gasteiger partial charge on any atom is 0.261 e. The second-order valence-corrected chi connectivity index (χ2v) is 7.36. The lowest BCUT2D eigenvalue weighted by atomic mass is 9.96. The number of nitrogens with one attached hydrogen (secondary N) is 1. The van der Waals surface area contributed by atoms with Gasteiger partial charge in [0.1, 0.15) is 0 Å². The number of rotatable bonds is 5. The van der Waals surface area contributed by atoms with Crippen LogP contribution in [0, 0.1) is 0 Å².